The molecular formula is C21H29ClN4O5S. The van der Waals surface area contributed by atoms with Crippen molar-refractivity contribution in [3.05, 3.63) is 41.4 Å². The Morgan fingerprint density at radius 2 is 2.00 bits per heavy atom. The third kappa shape index (κ3) is 6.52. The van der Waals surface area contributed by atoms with E-state index in [4.69, 9.17) is 16.3 Å². The molecule has 2 aliphatic heterocycles. The van der Waals surface area contributed by atoms with Crippen molar-refractivity contribution in [3.8, 4) is 0 Å². The minimum absolute atomic E-state index is 0.0525. The summed E-state index contributed by atoms with van der Waals surface area (Å²) in [5, 5.41) is 2.78. The summed E-state index contributed by atoms with van der Waals surface area (Å²) in [6.07, 6.45) is 3.18. The zero-order valence-electron chi connectivity index (χ0n) is 17.9. The number of nitrogens with one attached hydrogen (secondary N) is 2. The quantitative estimate of drug-likeness (QED) is 0.503. The number of piperazine rings is 1. The van der Waals surface area contributed by atoms with Crippen LogP contribution >= 0.6 is 11.6 Å². The fraction of sp³-hybridized carbons (Fsp3) is 0.524. The summed E-state index contributed by atoms with van der Waals surface area (Å²) < 4.78 is 33.5. The van der Waals surface area contributed by atoms with Crippen molar-refractivity contribution in [1.29, 1.82) is 0 Å². The molecule has 2 saturated heterocycles. The average molecular weight is 485 g/mol. The number of sulfonamides is 1. The first-order chi connectivity index (χ1) is 15.3. The van der Waals surface area contributed by atoms with Crippen LogP contribution in [-0.2, 0) is 19.6 Å². The molecule has 1 atom stereocenters. The Bertz CT molecular complexity index is 942. The lowest BCUT2D eigenvalue weighted by Crippen LogP contribution is -2.51. The second kappa shape index (κ2) is 11.2. The van der Waals surface area contributed by atoms with Gasteiger partial charge in [0.1, 0.15) is 4.90 Å². The molecule has 2 N–H and O–H groups in total. The molecule has 11 heteroatoms. The first kappa shape index (κ1) is 24.7. The normalized spacial score (nSPS) is 19.7. The van der Waals surface area contributed by atoms with E-state index in [1.165, 1.54) is 18.2 Å². The van der Waals surface area contributed by atoms with Gasteiger partial charge in [0.05, 0.1) is 17.7 Å². The number of carbonyl (C=O) groups excluding carboxylic acids is 2. The standard InChI is InChI=1S/C21H29ClN4O5S/c1-2-7-23-20(27)15-25-8-10-26(11-9-25)21(28)16-5-6-18(22)19(13-16)32(29,30)24-14-17-4-3-12-31-17/h2,5-6,13,17,24H,1,3-4,7-12,14-15H2,(H,23,27). The summed E-state index contributed by atoms with van der Waals surface area (Å²) in [6, 6.07) is 4.27. The van der Waals surface area contributed by atoms with Gasteiger partial charge in [0.2, 0.25) is 15.9 Å². The highest BCUT2D eigenvalue weighted by Gasteiger charge is 2.26. The smallest absolute Gasteiger partial charge is 0.253 e. The van der Waals surface area contributed by atoms with Crippen LogP contribution in [0.15, 0.2) is 35.7 Å². The van der Waals surface area contributed by atoms with Gasteiger partial charge in [0, 0.05) is 51.4 Å². The van der Waals surface area contributed by atoms with Crippen molar-refractivity contribution < 1.29 is 22.7 Å². The highest BCUT2D eigenvalue weighted by molar-refractivity contribution is 7.89. The molecule has 2 amide bonds. The van der Waals surface area contributed by atoms with E-state index < -0.39 is 10.0 Å². The molecule has 2 aliphatic rings. The van der Waals surface area contributed by atoms with Crippen LogP contribution < -0.4 is 10.0 Å². The molecule has 1 aromatic carbocycles. The molecule has 3 rings (SSSR count). The molecule has 0 bridgehead atoms. The second-order valence-electron chi connectivity index (χ2n) is 7.79. The van der Waals surface area contributed by atoms with Crippen molar-refractivity contribution in [2.45, 2.75) is 23.8 Å². The van der Waals surface area contributed by atoms with Gasteiger partial charge in [-0.05, 0) is 31.0 Å². The Labute approximate surface area is 193 Å². The first-order valence-electron chi connectivity index (χ1n) is 10.6. The molecule has 0 saturated carbocycles. The third-order valence-electron chi connectivity index (χ3n) is 5.46. The van der Waals surface area contributed by atoms with Crippen LogP contribution in [0.5, 0.6) is 0 Å². The minimum atomic E-state index is -3.89. The predicted molar refractivity (Wildman–Crippen MR) is 121 cm³/mol. The second-order valence-corrected chi connectivity index (χ2v) is 9.94. The van der Waals surface area contributed by atoms with Gasteiger partial charge in [-0.2, -0.15) is 0 Å². The Balaban J connectivity index is 1.60. The monoisotopic (exact) mass is 484 g/mol. The van der Waals surface area contributed by atoms with Gasteiger partial charge in [-0.15, -0.1) is 6.58 Å². The van der Waals surface area contributed by atoms with Gasteiger partial charge in [0.25, 0.3) is 5.91 Å². The summed E-state index contributed by atoms with van der Waals surface area (Å²) in [4.78, 5) is 28.3. The summed E-state index contributed by atoms with van der Waals surface area (Å²) in [7, 11) is -3.89. The Kier molecular flexibility index (Phi) is 8.66. The van der Waals surface area contributed by atoms with Crippen LogP contribution in [-0.4, -0.2) is 88.6 Å². The number of halogens is 1. The maximum absolute atomic E-state index is 13.0. The van der Waals surface area contributed by atoms with Gasteiger partial charge >= 0.3 is 0 Å². The number of benzene rings is 1. The number of amides is 2. The van der Waals surface area contributed by atoms with Crippen molar-refractivity contribution in [1.82, 2.24) is 19.8 Å². The van der Waals surface area contributed by atoms with E-state index in [-0.39, 0.29) is 46.5 Å². The fourth-order valence-corrected chi connectivity index (χ4v) is 5.25. The summed E-state index contributed by atoms with van der Waals surface area (Å²) in [6.45, 7) is 7.02. The minimum Gasteiger partial charge on any atom is -0.377 e. The van der Waals surface area contributed by atoms with E-state index in [0.29, 0.717) is 39.3 Å². The van der Waals surface area contributed by atoms with Crippen LogP contribution in [0.4, 0.5) is 0 Å². The van der Waals surface area contributed by atoms with Crippen molar-refractivity contribution in [2.24, 2.45) is 0 Å². The van der Waals surface area contributed by atoms with E-state index in [2.05, 4.69) is 16.6 Å². The maximum Gasteiger partial charge on any atom is 0.253 e. The van der Waals surface area contributed by atoms with Gasteiger partial charge < -0.3 is 15.0 Å². The number of rotatable bonds is 9. The molecule has 0 aliphatic carbocycles. The lowest BCUT2D eigenvalue weighted by atomic mass is 10.2. The van der Waals surface area contributed by atoms with Crippen LogP contribution in [0.25, 0.3) is 0 Å². The van der Waals surface area contributed by atoms with E-state index in [1.54, 1.807) is 11.0 Å². The molecule has 176 valence electrons. The largest absolute Gasteiger partial charge is 0.377 e. The summed E-state index contributed by atoms with van der Waals surface area (Å²) in [5.74, 6) is -0.360. The van der Waals surface area contributed by atoms with Crippen LogP contribution in [0, 0.1) is 0 Å². The van der Waals surface area contributed by atoms with Crippen molar-refractivity contribution in [2.75, 3.05) is 52.4 Å². The summed E-state index contributed by atoms with van der Waals surface area (Å²) in [5.41, 5.74) is 0.254. The van der Waals surface area contributed by atoms with Crippen LogP contribution in [0.1, 0.15) is 23.2 Å². The van der Waals surface area contributed by atoms with Gasteiger partial charge in [-0.1, -0.05) is 17.7 Å². The lowest BCUT2D eigenvalue weighted by Gasteiger charge is -2.34. The SMILES string of the molecule is C=CCNC(=O)CN1CCN(C(=O)c2ccc(Cl)c(S(=O)(=O)NCC3CCCO3)c2)CC1. The first-order valence-corrected chi connectivity index (χ1v) is 12.5. The average Bonchev–Trinajstić information content (AvgIpc) is 3.30. The molecule has 0 radical (unpaired) electrons. The van der Waals surface area contributed by atoms with Gasteiger partial charge in [-0.3, -0.25) is 14.5 Å². The molecule has 1 aromatic rings. The molecule has 32 heavy (non-hydrogen) atoms. The fourth-order valence-electron chi connectivity index (χ4n) is 3.66. The van der Waals surface area contributed by atoms with Gasteiger partial charge in [-0.25, -0.2) is 13.1 Å². The Hall–Kier alpha value is -1.98. The number of carbonyl (C=O) groups is 2. The molecule has 2 heterocycles. The van der Waals surface area contributed by atoms with Gasteiger partial charge in [0.15, 0.2) is 0 Å². The lowest BCUT2D eigenvalue weighted by molar-refractivity contribution is -0.122. The molecular weight excluding hydrogens is 456 g/mol. The van der Waals surface area contributed by atoms with E-state index >= 15 is 0 Å². The maximum atomic E-state index is 13.0. The number of hydrogen-bond acceptors (Lipinski definition) is 6. The molecule has 2 fully saturated rings. The molecule has 0 spiro atoms. The zero-order chi connectivity index (χ0) is 23.1. The van der Waals surface area contributed by atoms with E-state index in [1.807, 2.05) is 4.90 Å². The zero-order valence-corrected chi connectivity index (χ0v) is 19.5. The van der Waals surface area contributed by atoms with E-state index in [9.17, 15) is 18.0 Å². The van der Waals surface area contributed by atoms with Crippen molar-refractivity contribution in [3.63, 3.8) is 0 Å². The van der Waals surface area contributed by atoms with Crippen molar-refractivity contribution >= 4 is 33.4 Å². The highest BCUT2D eigenvalue weighted by Crippen LogP contribution is 2.24. The highest BCUT2D eigenvalue weighted by atomic mass is 35.5. The van der Waals surface area contributed by atoms with Crippen LogP contribution in [0.2, 0.25) is 5.02 Å². The summed E-state index contributed by atoms with van der Waals surface area (Å²) >= 11 is 6.14. The Morgan fingerprint density at radius 1 is 1.25 bits per heavy atom. The number of ether oxygens (including phenoxy) is 1. The number of nitrogens with zero attached hydrogens (tertiary/aromatic N) is 2. The predicted octanol–water partition coefficient (Wildman–Crippen LogP) is 0.857. The van der Waals surface area contributed by atoms with Crippen LogP contribution in [0.3, 0.4) is 0 Å². The number of hydrogen-bond donors (Lipinski definition) is 2. The topological polar surface area (TPSA) is 108 Å². The molecule has 1 unspecified atom stereocenters. The van der Waals surface area contributed by atoms with E-state index in [0.717, 1.165) is 12.8 Å². The molecule has 9 nitrogen and oxygen atoms in total. The Morgan fingerprint density at radius 3 is 2.66 bits per heavy atom. The molecule has 0 aromatic heterocycles. The third-order valence-corrected chi connectivity index (χ3v) is 7.37.